The highest BCUT2D eigenvalue weighted by Gasteiger charge is 2.39. The Hall–Kier alpha value is -1.50. The minimum absolute atomic E-state index is 0.153. The number of nitrogens with zero attached hydrogens (tertiary/aromatic N) is 2. The maximum Gasteiger partial charge on any atom is 0.407 e. The van der Waals surface area contributed by atoms with E-state index in [0.717, 1.165) is 6.42 Å². The summed E-state index contributed by atoms with van der Waals surface area (Å²) in [6.07, 6.45) is 3.76. The molecule has 3 unspecified atom stereocenters. The second kappa shape index (κ2) is 2.77. The Morgan fingerprint density at radius 3 is 2.92 bits per heavy atom. The van der Waals surface area contributed by atoms with Crippen molar-refractivity contribution in [2.45, 2.75) is 12.5 Å². The molecule has 1 amide bonds. The predicted octanol–water partition coefficient (Wildman–Crippen LogP) is 1.06. The van der Waals surface area contributed by atoms with Crippen LogP contribution in [0, 0.1) is 23.2 Å². The highest BCUT2D eigenvalue weighted by atomic mass is 16.4. The molecule has 0 aromatic carbocycles. The first kappa shape index (κ1) is 8.11. The normalized spacial score (nSPS) is 35.9. The fraction of sp³-hybridized carbons (Fsp3) is 0.556. The summed E-state index contributed by atoms with van der Waals surface area (Å²) < 4.78 is 0. The van der Waals surface area contributed by atoms with E-state index < -0.39 is 6.09 Å². The van der Waals surface area contributed by atoms with Crippen LogP contribution in [-0.2, 0) is 0 Å². The Bertz CT molecular complexity index is 305. The average Bonchev–Trinajstić information content (AvgIpc) is 2.18. The van der Waals surface area contributed by atoms with Gasteiger partial charge in [0.1, 0.15) is 0 Å². The molecule has 3 atom stereocenters. The van der Waals surface area contributed by atoms with Crippen molar-refractivity contribution in [2.24, 2.45) is 11.8 Å². The van der Waals surface area contributed by atoms with Crippen molar-refractivity contribution in [1.29, 1.82) is 5.26 Å². The summed E-state index contributed by atoms with van der Waals surface area (Å²) in [5.41, 5.74) is 0. The minimum atomic E-state index is -0.917. The molecule has 4 nitrogen and oxygen atoms in total. The van der Waals surface area contributed by atoms with Gasteiger partial charge in [-0.1, -0.05) is 12.2 Å². The predicted molar refractivity (Wildman–Crippen MR) is 44.9 cm³/mol. The molecule has 2 aliphatic heterocycles. The largest absolute Gasteiger partial charge is 0.465 e. The fourth-order valence-electron chi connectivity index (χ4n) is 2.11. The number of piperidine rings is 1. The van der Waals surface area contributed by atoms with E-state index in [2.05, 4.69) is 6.07 Å². The van der Waals surface area contributed by atoms with Crippen molar-refractivity contribution in [3.05, 3.63) is 12.2 Å². The summed E-state index contributed by atoms with van der Waals surface area (Å²) >= 11 is 0. The van der Waals surface area contributed by atoms with E-state index in [1.165, 1.54) is 4.90 Å². The summed E-state index contributed by atoms with van der Waals surface area (Å²) in [6.45, 7) is 0.550. The van der Waals surface area contributed by atoms with Gasteiger partial charge in [0.15, 0.2) is 0 Å². The maximum atomic E-state index is 10.8. The van der Waals surface area contributed by atoms with Gasteiger partial charge in [-0.05, 0) is 12.3 Å². The van der Waals surface area contributed by atoms with Gasteiger partial charge in [-0.25, -0.2) is 4.79 Å². The average molecular weight is 178 g/mol. The zero-order valence-corrected chi connectivity index (χ0v) is 7.05. The van der Waals surface area contributed by atoms with Gasteiger partial charge in [-0.3, -0.25) is 0 Å². The smallest absolute Gasteiger partial charge is 0.407 e. The van der Waals surface area contributed by atoms with Gasteiger partial charge in [0.25, 0.3) is 0 Å². The van der Waals surface area contributed by atoms with Crippen LogP contribution in [0.4, 0.5) is 4.79 Å². The van der Waals surface area contributed by atoms with Crippen LogP contribution in [0.1, 0.15) is 6.42 Å². The van der Waals surface area contributed by atoms with Crippen LogP contribution in [0.15, 0.2) is 12.2 Å². The molecule has 3 aliphatic rings. The maximum absolute atomic E-state index is 10.8. The first-order valence-corrected chi connectivity index (χ1v) is 4.30. The van der Waals surface area contributed by atoms with Crippen LogP contribution < -0.4 is 0 Å². The number of amides is 1. The third-order valence-corrected chi connectivity index (χ3v) is 2.75. The number of hydrogen-bond acceptors (Lipinski definition) is 2. The third kappa shape index (κ3) is 1.17. The summed E-state index contributed by atoms with van der Waals surface area (Å²) in [5.74, 6) is 0.0885. The molecule has 3 rings (SSSR count). The van der Waals surface area contributed by atoms with Crippen molar-refractivity contribution >= 4 is 6.09 Å². The van der Waals surface area contributed by atoms with Crippen LogP contribution in [0.3, 0.4) is 0 Å². The van der Waals surface area contributed by atoms with Gasteiger partial charge < -0.3 is 10.0 Å². The van der Waals surface area contributed by atoms with Crippen molar-refractivity contribution < 1.29 is 9.90 Å². The van der Waals surface area contributed by atoms with Crippen molar-refractivity contribution in [3.63, 3.8) is 0 Å². The van der Waals surface area contributed by atoms with Crippen molar-refractivity contribution in [2.75, 3.05) is 6.54 Å². The molecule has 4 heteroatoms. The second-order valence-corrected chi connectivity index (χ2v) is 3.54. The molecule has 13 heavy (non-hydrogen) atoms. The molecular weight excluding hydrogens is 168 g/mol. The molecule has 1 saturated heterocycles. The minimum Gasteiger partial charge on any atom is -0.465 e. The molecule has 1 N–H and O–H groups in total. The third-order valence-electron chi connectivity index (χ3n) is 2.75. The molecular formula is C9H10N2O2. The Balaban J connectivity index is 2.26. The van der Waals surface area contributed by atoms with E-state index in [9.17, 15) is 4.79 Å². The van der Waals surface area contributed by atoms with Crippen molar-refractivity contribution in [3.8, 4) is 6.07 Å². The molecule has 2 heterocycles. The Morgan fingerprint density at radius 1 is 1.62 bits per heavy atom. The number of rotatable bonds is 0. The molecule has 0 saturated carbocycles. The van der Waals surface area contributed by atoms with Gasteiger partial charge in [0.05, 0.1) is 18.0 Å². The first-order valence-electron chi connectivity index (χ1n) is 4.30. The van der Waals surface area contributed by atoms with Crippen LogP contribution >= 0.6 is 0 Å². The second-order valence-electron chi connectivity index (χ2n) is 3.54. The number of nitriles is 1. The lowest BCUT2D eigenvalue weighted by Gasteiger charge is -2.42. The highest BCUT2D eigenvalue weighted by Crippen LogP contribution is 2.33. The highest BCUT2D eigenvalue weighted by molar-refractivity contribution is 5.66. The SMILES string of the molecule is N#CC1CC2C=CC1N(C(=O)O)C2. The number of carboxylic acid groups (broad SMARTS) is 1. The van der Waals surface area contributed by atoms with E-state index in [4.69, 9.17) is 10.4 Å². The molecule has 1 fully saturated rings. The Labute approximate surface area is 76.1 Å². The van der Waals surface area contributed by atoms with E-state index >= 15 is 0 Å². The standard InChI is InChI=1S/C9H10N2O2/c10-4-7-3-6-1-2-8(7)11(5-6)9(12)13/h1-2,6-8H,3,5H2,(H,12,13). The quantitative estimate of drug-likeness (QED) is 0.564. The van der Waals surface area contributed by atoms with Gasteiger partial charge >= 0.3 is 6.09 Å². The lowest BCUT2D eigenvalue weighted by molar-refractivity contribution is 0.0870. The van der Waals surface area contributed by atoms with E-state index in [1.54, 1.807) is 0 Å². The Kier molecular flexibility index (Phi) is 1.73. The van der Waals surface area contributed by atoms with Gasteiger partial charge in [-0.15, -0.1) is 0 Å². The van der Waals surface area contributed by atoms with E-state index in [1.807, 2.05) is 12.2 Å². The van der Waals surface area contributed by atoms with Crippen LogP contribution in [0.25, 0.3) is 0 Å². The molecule has 0 radical (unpaired) electrons. The van der Waals surface area contributed by atoms with E-state index in [0.29, 0.717) is 6.54 Å². The lowest BCUT2D eigenvalue weighted by Crippen LogP contribution is -2.52. The summed E-state index contributed by atoms with van der Waals surface area (Å²) in [5, 5.41) is 17.7. The zero-order valence-electron chi connectivity index (χ0n) is 7.05. The molecule has 68 valence electrons. The van der Waals surface area contributed by atoms with Gasteiger partial charge in [0.2, 0.25) is 0 Å². The molecule has 1 aliphatic carbocycles. The van der Waals surface area contributed by atoms with Gasteiger partial charge in [-0.2, -0.15) is 5.26 Å². The van der Waals surface area contributed by atoms with Crippen LogP contribution in [0.5, 0.6) is 0 Å². The van der Waals surface area contributed by atoms with E-state index in [-0.39, 0.29) is 17.9 Å². The molecule has 2 bridgehead atoms. The van der Waals surface area contributed by atoms with Gasteiger partial charge in [0, 0.05) is 6.54 Å². The molecule has 0 spiro atoms. The fourth-order valence-corrected chi connectivity index (χ4v) is 2.11. The monoisotopic (exact) mass is 178 g/mol. The number of carbonyl (C=O) groups is 1. The first-order chi connectivity index (χ1) is 6.22. The van der Waals surface area contributed by atoms with Crippen molar-refractivity contribution in [1.82, 2.24) is 4.90 Å². The summed E-state index contributed by atoms with van der Waals surface area (Å²) in [6, 6.07) is 1.95. The topological polar surface area (TPSA) is 64.3 Å². The number of hydrogen-bond donors (Lipinski definition) is 1. The van der Waals surface area contributed by atoms with Crippen LogP contribution in [-0.4, -0.2) is 28.7 Å². The lowest BCUT2D eigenvalue weighted by atomic mass is 9.78. The summed E-state index contributed by atoms with van der Waals surface area (Å²) in [7, 11) is 0. The Morgan fingerprint density at radius 2 is 2.38 bits per heavy atom. The van der Waals surface area contributed by atoms with Crippen LogP contribution in [0.2, 0.25) is 0 Å². The number of fused-ring (bicyclic) bond motifs is 2. The summed E-state index contributed by atoms with van der Waals surface area (Å²) in [4.78, 5) is 12.2. The molecule has 0 aromatic heterocycles. The zero-order chi connectivity index (χ0) is 9.42. The molecule has 0 aromatic rings.